The van der Waals surface area contributed by atoms with Crippen molar-refractivity contribution in [1.29, 1.82) is 0 Å². The van der Waals surface area contributed by atoms with Gasteiger partial charge in [-0.15, -0.1) is 0 Å². The highest BCUT2D eigenvalue weighted by Gasteiger charge is 2.21. The fraction of sp³-hybridized carbons (Fsp3) is 0.417. The summed E-state index contributed by atoms with van der Waals surface area (Å²) in [5, 5.41) is 21.2. The van der Waals surface area contributed by atoms with Crippen LogP contribution in [0.1, 0.15) is 12.8 Å². The number of hydrogen-bond acceptors (Lipinski definition) is 6. The number of non-ortho nitro benzene ring substituents is 1. The van der Waals surface area contributed by atoms with Crippen LogP contribution in [0.3, 0.4) is 0 Å². The molecule has 0 unspecified atom stereocenters. The average molecular weight is 279 g/mol. The van der Waals surface area contributed by atoms with Gasteiger partial charge in [0.05, 0.1) is 21.2 Å². The zero-order valence-corrected chi connectivity index (χ0v) is 11.0. The van der Waals surface area contributed by atoms with Crippen molar-refractivity contribution < 1.29 is 10.0 Å². The number of rotatable bonds is 2. The van der Waals surface area contributed by atoms with Gasteiger partial charge >= 0.3 is 0 Å². The van der Waals surface area contributed by atoms with Gasteiger partial charge in [0.15, 0.2) is 5.13 Å². The van der Waals surface area contributed by atoms with Gasteiger partial charge in [0.25, 0.3) is 5.69 Å². The topological polar surface area (TPSA) is 79.5 Å². The van der Waals surface area contributed by atoms with E-state index >= 15 is 0 Å². The Hall–Kier alpha value is -1.73. The number of aliphatic hydroxyl groups excluding tert-OH is 1. The van der Waals surface area contributed by atoms with Crippen molar-refractivity contribution in [2.75, 3.05) is 18.0 Å². The number of piperidine rings is 1. The van der Waals surface area contributed by atoms with Crippen LogP contribution >= 0.6 is 11.3 Å². The predicted molar refractivity (Wildman–Crippen MR) is 73.7 cm³/mol. The minimum atomic E-state index is -0.414. The molecule has 1 saturated heterocycles. The molecule has 2 aromatic rings. The summed E-state index contributed by atoms with van der Waals surface area (Å²) in [4.78, 5) is 16.8. The van der Waals surface area contributed by atoms with Crippen LogP contribution in [0.4, 0.5) is 10.8 Å². The van der Waals surface area contributed by atoms with Crippen LogP contribution in [0, 0.1) is 10.1 Å². The Kier molecular flexibility index (Phi) is 3.08. The van der Waals surface area contributed by atoms with E-state index in [1.54, 1.807) is 6.07 Å². The molecule has 1 aliphatic rings. The molecule has 6 nitrogen and oxygen atoms in total. The number of benzene rings is 1. The minimum absolute atomic E-state index is 0.0584. The molecule has 0 amide bonds. The van der Waals surface area contributed by atoms with E-state index in [1.165, 1.54) is 23.5 Å². The lowest BCUT2D eigenvalue weighted by atomic mass is 10.1. The monoisotopic (exact) mass is 279 g/mol. The first-order valence-corrected chi connectivity index (χ1v) is 6.93. The van der Waals surface area contributed by atoms with Crippen molar-refractivity contribution in [2.24, 2.45) is 0 Å². The maximum atomic E-state index is 10.7. The van der Waals surface area contributed by atoms with E-state index in [1.807, 2.05) is 4.90 Å². The van der Waals surface area contributed by atoms with Gasteiger partial charge < -0.3 is 10.0 Å². The number of nitro benzene ring substituents is 1. The van der Waals surface area contributed by atoms with Gasteiger partial charge in [0.1, 0.15) is 0 Å². The largest absolute Gasteiger partial charge is 0.391 e. The van der Waals surface area contributed by atoms with Gasteiger partial charge in [0, 0.05) is 25.2 Å². The predicted octanol–water partition coefficient (Wildman–Crippen LogP) is 2.17. The van der Waals surface area contributed by atoms with E-state index in [4.69, 9.17) is 0 Å². The number of anilines is 1. The number of aromatic nitrogens is 1. The summed E-state index contributed by atoms with van der Waals surface area (Å²) < 4.78 is 0.931. The van der Waals surface area contributed by atoms with Gasteiger partial charge in [-0.3, -0.25) is 10.1 Å². The molecule has 2 heterocycles. The van der Waals surface area contributed by atoms with Crippen molar-refractivity contribution in [3.63, 3.8) is 0 Å². The standard InChI is InChI=1S/C12H13N3O3S/c16-9-2-1-5-14(7-9)12-13-10-6-8(15(17)18)3-4-11(10)19-12/h3-4,6,9,16H,1-2,5,7H2/t9-/m1/s1. The van der Waals surface area contributed by atoms with Gasteiger partial charge in [-0.05, 0) is 18.9 Å². The second-order valence-corrected chi connectivity index (χ2v) is 5.66. The number of nitrogens with zero attached hydrogens (tertiary/aromatic N) is 3. The smallest absolute Gasteiger partial charge is 0.271 e. The molecule has 1 aromatic heterocycles. The Morgan fingerprint density at radius 3 is 3.11 bits per heavy atom. The molecule has 0 radical (unpaired) electrons. The molecule has 1 aromatic carbocycles. The summed E-state index contributed by atoms with van der Waals surface area (Å²) in [6, 6.07) is 4.72. The molecule has 1 fully saturated rings. The van der Waals surface area contributed by atoms with Crippen molar-refractivity contribution in [2.45, 2.75) is 18.9 Å². The first-order chi connectivity index (χ1) is 9.13. The molecule has 1 atom stereocenters. The number of β-amino-alcohol motifs (C(OH)–C–C–N with tert-alkyl or cyclic N) is 1. The van der Waals surface area contributed by atoms with E-state index in [-0.39, 0.29) is 11.8 Å². The second kappa shape index (κ2) is 4.75. The van der Waals surface area contributed by atoms with Crippen molar-refractivity contribution in [1.82, 2.24) is 4.98 Å². The summed E-state index contributed by atoms with van der Waals surface area (Å²) >= 11 is 1.51. The Morgan fingerprint density at radius 2 is 2.37 bits per heavy atom. The van der Waals surface area contributed by atoms with Gasteiger partial charge in [-0.2, -0.15) is 0 Å². The normalized spacial score (nSPS) is 19.8. The van der Waals surface area contributed by atoms with E-state index in [0.717, 1.165) is 29.2 Å². The summed E-state index contributed by atoms with van der Waals surface area (Å²) in [5.74, 6) is 0. The molecular formula is C12H13N3O3S. The lowest BCUT2D eigenvalue weighted by Crippen LogP contribution is -2.38. The third-order valence-corrected chi connectivity index (χ3v) is 4.33. The zero-order valence-electron chi connectivity index (χ0n) is 10.2. The number of fused-ring (bicyclic) bond motifs is 1. The first kappa shape index (κ1) is 12.3. The molecule has 0 bridgehead atoms. The third kappa shape index (κ3) is 2.39. The van der Waals surface area contributed by atoms with Gasteiger partial charge in [-0.25, -0.2) is 4.98 Å². The number of hydrogen-bond donors (Lipinski definition) is 1. The molecule has 100 valence electrons. The second-order valence-electron chi connectivity index (χ2n) is 4.65. The SMILES string of the molecule is O=[N+]([O-])c1ccc2sc(N3CCC[C@@H](O)C3)nc2c1. The molecule has 0 saturated carbocycles. The fourth-order valence-corrected chi connectivity index (χ4v) is 3.26. The average Bonchev–Trinajstić information content (AvgIpc) is 2.81. The van der Waals surface area contributed by atoms with Crippen molar-refractivity contribution >= 4 is 32.4 Å². The molecule has 1 aliphatic heterocycles. The molecule has 3 rings (SSSR count). The van der Waals surface area contributed by atoms with Crippen LogP contribution in [0.2, 0.25) is 0 Å². The Labute approximate surface area is 113 Å². The van der Waals surface area contributed by atoms with Crippen LogP contribution in [-0.4, -0.2) is 34.2 Å². The Bertz CT molecular complexity index is 628. The summed E-state index contributed by atoms with van der Waals surface area (Å²) in [6.45, 7) is 1.46. The summed E-state index contributed by atoms with van der Waals surface area (Å²) in [5.41, 5.74) is 0.706. The van der Waals surface area contributed by atoms with Crippen LogP contribution in [0.5, 0.6) is 0 Å². The van der Waals surface area contributed by atoms with E-state index < -0.39 is 4.92 Å². The lowest BCUT2D eigenvalue weighted by molar-refractivity contribution is -0.384. The Balaban J connectivity index is 1.94. The summed E-state index contributed by atoms with van der Waals surface area (Å²) in [6.07, 6.45) is 1.46. The Morgan fingerprint density at radius 1 is 1.53 bits per heavy atom. The molecule has 0 spiro atoms. The third-order valence-electron chi connectivity index (χ3n) is 3.24. The molecule has 0 aliphatic carbocycles. The fourth-order valence-electron chi connectivity index (χ4n) is 2.28. The van der Waals surface area contributed by atoms with Crippen molar-refractivity contribution in [3.8, 4) is 0 Å². The maximum Gasteiger partial charge on any atom is 0.271 e. The van der Waals surface area contributed by atoms with Crippen LogP contribution in [0.15, 0.2) is 18.2 Å². The summed E-state index contributed by atoms with van der Waals surface area (Å²) in [7, 11) is 0. The molecule has 19 heavy (non-hydrogen) atoms. The minimum Gasteiger partial charge on any atom is -0.391 e. The highest BCUT2D eigenvalue weighted by molar-refractivity contribution is 7.22. The van der Waals surface area contributed by atoms with Gasteiger partial charge in [-0.1, -0.05) is 11.3 Å². The van der Waals surface area contributed by atoms with Crippen LogP contribution in [-0.2, 0) is 0 Å². The molecule has 7 heteroatoms. The molecular weight excluding hydrogens is 266 g/mol. The molecule has 1 N–H and O–H groups in total. The number of nitro groups is 1. The lowest BCUT2D eigenvalue weighted by Gasteiger charge is -2.29. The number of aliphatic hydroxyl groups is 1. The van der Waals surface area contributed by atoms with Crippen molar-refractivity contribution in [3.05, 3.63) is 28.3 Å². The zero-order chi connectivity index (χ0) is 13.4. The van der Waals surface area contributed by atoms with E-state index in [9.17, 15) is 15.2 Å². The van der Waals surface area contributed by atoms with Crippen LogP contribution < -0.4 is 4.90 Å². The highest BCUT2D eigenvalue weighted by atomic mass is 32.1. The van der Waals surface area contributed by atoms with E-state index in [2.05, 4.69) is 4.98 Å². The quantitative estimate of drug-likeness (QED) is 0.673. The maximum absolute atomic E-state index is 10.7. The highest BCUT2D eigenvalue weighted by Crippen LogP contribution is 2.32. The van der Waals surface area contributed by atoms with E-state index in [0.29, 0.717) is 12.1 Å². The first-order valence-electron chi connectivity index (χ1n) is 6.11. The van der Waals surface area contributed by atoms with Gasteiger partial charge in [0.2, 0.25) is 0 Å². The number of thiazole rings is 1. The van der Waals surface area contributed by atoms with Crippen LogP contribution in [0.25, 0.3) is 10.2 Å².